The van der Waals surface area contributed by atoms with Crippen molar-refractivity contribution in [1.29, 1.82) is 0 Å². The quantitative estimate of drug-likeness (QED) is 0.178. The van der Waals surface area contributed by atoms with E-state index in [4.69, 9.17) is 0 Å². The molecule has 2 heterocycles. The van der Waals surface area contributed by atoms with E-state index in [1.807, 2.05) is 22.7 Å². The maximum atomic E-state index is 2.42. The zero-order valence-corrected chi connectivity index (χ0v) is 28.1. The zero-order chi connectivity index (χ0) is 32.3. The second-order valence-electron chi connectivity index (χ2n) is 12.5. The van der Waals surface area contributed by atoms with Gasteiger partial charge in [-0.25, -0.2) is 0 Å². The van der Waals surface area contributed by atoms with Crippen molar-refractivity contribution in [2.45, 2.75) is 0 Å². The highest BCUT2D eigenvalue weighted by Crippen LogP contribution is 2.45. The standard InChI is InChI=1S/C46H29NS2/c1-2-11-30(12-3-1)36-15-6-8-18-41(36)47(35-25-26-39-38-16-7-9-19-42(38)48-45(39)29-35)34-23-21-31(22-24-34)37-17-10-20-43-46(37)40-27-32-13-4-5-14-33(32)28-44(40)49-43/h1-29H. The Morgan fingerprint density at radius 2 is 0.959 bits per heavy atom. The Balaban J connectivity index is 1.14. The van der Waals surface area contributed by atoms with E-state index in [1.54, 1.807) is 0 Å². The Kier molecular flexibility index (Phi) is 6.61. The van der Waals surface area contributed by atoms with Crippen LogP contribution in [0.15, 0.2) is 176 Å². The number of benzene rings is 8. The molecule has 2 aromatic heterocycles. The normalized spacial score (nSPS) is 11.7. The maximum Gasteiger partial charge on any atom is 0.0540 e. The van der Waals surface area contributed by atoms with Gasteiger partial charge in [-0.3, -0.25) is 0 Å². The van der Waals surface area contributed by atoms with Crippen LogP contribution in [-0.4, -0.2) is 0 Å². The van der Waals surface area contributed by atoms with E-state index in [9.17, 15) is 0 Å². The second-order valence-corrected chi connectivity index (χ2v) is 14.7. The maximum absolute atomic E-state index is 2.42. The molecule has 10 rings (SSSR count). The van der Waals surface area contributed by atoms with Gasteiger partial charge < -0.3 is 4.90 Å². The summed E-state index contributed by atoms with van der Waals surface area (Å²) in [6, 6.07) is 64.4. The van der Waals surface area contributed by atoms with E-state index < -0.39 is 0 Å². The second kappa shape index (κ2) is 11.5. The predicted molar refractivity (Wildman–Crippen MR) is 215 cm³/mol. The van der Waals surface area contributed by atoms with Crippen LogP contribution >= 0.6 is 22.7 Å². The molecule has 10 aromatic rings. The van der Waals surface area contributed by atoms with Crippen molar-refractivity contribution in [1.82, 2.24) is 0 Å². The van der Waals surface area contributed by atoms with Gasteiger partial charge in [0.25, 0.3) is 0 Å². The van der Waals surface area contributed by atoms with Gasteiger partial charge in [0.15, 0.2) is 0 Å². The number of fused-ring (bicyclic) bond motifs is 7. The lowest BCUT2D eigenvalue weighted by Gasteiger charge is -2.28. The Bertz CT molecular complexity index is 2830. The molecule has 1 nitrogen and oxygen atoms in total. The highest BCUT2D eigenvalue weighted by atomic mass is 32.1. The van der Waals surface area contributed by atoms with Crippen LogP contribution in [0.1, 0.15) is 0 Å². The lowest BCUT2D eigenvalue weighted by atomic mass is 9.97. The number of thiophene rings is 2. The lowest BCUT2D eigenvalue weighted by Crippen LogP contribution is -2.11. The Morgan fingerprint density at radius 3 is 1.84 bits per heavy atom. The van der Waals surface area contributed by atoms with E-state index in [0.29, 0.717) is 0 Å². The Morgan fingerprint density at radius 1 is 0.347 bits per heavy atom. The van der Waals surface area contributed by atoms with Crippen molar-refractivity contribution in [2.24, 2.45) is 0 Å². The molecule has 49 heavy (non-hydrogen) atoms. The molecular formula is C46H29NS2. The molecule has 0 saturated carbocycles. The first kappa shape index (κ1) is 28.3. The summed E-state index contributed by atoms with van der Waals surface area (Å²) in [4.78, 5) is 2.42. The molecule has 0 saturated heterocycles. The SMILES string of the molecule is c1ccc(-c2ccccc2N(c2ccc(-c3cccc4sc5cc6ccccc6cc5c34)cc2)c2ccc3c(c2)sc2ccccc23)cc1. The third kappa shape index (κ3) is 4.74. The van der Waals surface area contributed by atoms with Crippen molar-refractivity contribution in [2.75, 3.05) is 4.90 Å². The van der Waals surface area contributed by atoms with Crippen LogP contribution < -0.4 is 4.90 Å². The highest BCUT2D eigenvalue weighted by molar-refractivity contribution is 7.26. The Labute approximate surface area is 292 Å². The van der Waals surface area contributed by atoms with Gasteiger partial charge in [0.05, 0.1) is 5.69 Å². The third-order valence-corrected chi connectivity index (χ3v) is 11.9. The van der Waals surface area contributed by atoms with E-state index in [-0.39, 0.29) is 0 Å². The fourth-order valence-corrected chi connectivity index (χ4v) is 9.66. The molecule has 8 aromatic carbocycles. The van der Waals surface area contributed by atoms with Crippen LogP contribution in [0.3, 0.4) is 0 Å². The van der Waals surface area contributed by atoms with Crippen LogP contribution in [-0.2, 0) is 0 Å². The first-order chi connectivity index (χ1) is 24.3. The fourth-order valence-electron chi connectivity index (χ4n) is 7.35. The molecular weight excluding hydrogens is 631 g/mol. The molecule has 230 valence electrons. The topological polar surface area (TPSA) is 3.24 Å². The molecule has 0 aliphatic rings. The molecule has 0 radical (unpaired) electrons. The highest BCUT2D eigenvalue weighted by Gasteiger charge is 2.19. The monoisotopic (exact) mass is 659 g/mol. The molecule has 0 N–H and O–H groups in total. The van der Waals surface area contributed by atoms with Gasteiger partial charge >= 0.3 is 0 Å². The number of rotatable bonds is 5. The molecule has 0 aliphatic carbocycles. The number of nitrogens with zero attached hydrogens (tertiary/aromatic N) is 1. The minimum atomic E-state index is 1.13. The molecule has 0 unspecified atom stereocenters. The zero-order valence-electron chi connectivity index (χ0n) is 26.5. The summed E-state index contributed by atoms with van der Waals surface area (Å²) in [6.07, 6.45) is 0. The average Bonchev–Trinajstić information content (AvgIpc) is 3.72. The van der Waals surface area contributed by atoms with Crippen LogP contribution in [0.25, 0.3) is 73.4 Å². The van der Waals surface area contributed by atoms with Crippen molar-refractivity contribution in [3.8, 4) is 22.3 Å². The summed E-state index contributed by atoms with van der Waals surface area (Å²) in [5, 5.41) is 7.86. The summed E-state index contributed by atoms with van der Waals surface area (Å²) in [7, 11) is 0. The summed E-state index contributed by atoms with van der Waals surface area (Å²) in [6.45, 7) is 0. The van der Waals surface area contributed by atoms with Gasteiger partial charge in [0.2, 0.25) is 0 Å². The van der Waals surface area contributed by atoms with E-state index >= 15 is 0 Å². The number of anilines is 3. The fraction of sp³-hybridized carbons (Fsp3) is 0. The minimum Gasteiger partial charge on any atom is -0.310 e. The van der Waals surface area contributed by atoms with Crippen LogP contribution in [0.4, 0.5) is 17.1 Å². The van der Waals surface area contributed by atoms with E-state index in [2.05, 4.69) is 181 Å². The van der Waals surface area contributed by atoms with Crippen molar-refractivity contribution < 1.29 is 0 Å². The molecule has 0 amide bonds. The molecule has 0 spiro atoms. The average molecular weight is 660 g/mol. The van der Waals surface area contributed by atoms with Gasteiger partial charge in [-0.15, -0.1) is 22.7 Å². The van der Waals surface area contributed by atoms with Gasteiger partial charge in [0, 0.05) is 57.3 Å². The largest absolute Gasteiger partial charge is 0.310 e. The number of para-hydroxylation sites is 1. The minimum absolute atomic E-state index is 1.13. The van der Waals surface area contributed by atoms with E-state index in [0.717, 1.165) is 17.1 Å². The van der Waals surface area contributed by atoms with Crippen molar-refractivity contribution in [3.63, 3.8) is 0 Å². The van der Waals surface area contributed by atoms with Crippen molar-refractivity contribution >= 4 is 90.9 Å². The van der Waals surface area contributed by atoms with Crippen LogP contribution in [0.2, 0.25) is 0 Å². The van der Waals surface area contributed by atoms with Crippen molar-refractivity contribution in [3.05, 3.63) is 176 Å². The summed E-state index contributed by atoms with van der Waals surface area (Å²) < 4.78 is 5.26. The molecule has 0 fully saturated rings. The third-order valence-electron chi connectivity index (χ3n) is 9.65. The van der Waals surface area contributed by atoms with Gasteiger partial charge in [-0.2, -0.15) is 0 Å². The van der Waals surface area contributed by atoms with Gasteiger partial charge in [0.1, 0.15) is 0 Å². The molecule has 0 aliphatic heterocycles. The van der Waals surface area contributed by atoms with Crippen LogP contribution in [0.5, 0.6) is 0 Å². The smallest absolute Gasteiger partial charge is 0.0540 e. The number of hydrogen-bond donors (Lipinski definition) is 0. The van der Waals surface area contributed by atoms with Crippen LogP contribution in [0, 0.1) is 0 Å². The summed E-state index contributed by atoms with van der Waals surface area (Å²) in [5.41, 5.74) is 8.32. The van der Waals surface area contributed by atoms with E-state index in [1.165, 1.54) is 73.4 Å². The van der Waals surface area contributed by atoms with Gasteiger partial charge in [-0.05, 0) is 82.1 Å². The number of hydrogen-bond acceptors (Lipinski definition) is 3. The molecule has 3 heteroatoms. The van der Waals surface area contributed by atoms with Gasteiger partial charge in [-0.1, -0.05) is 121 Å². The molecule has 0 atom stereocenters. The lowest BCUT2D eigenvalue weighted by molar-refractivity contribution is 1.29. The summed E-state index contributed by atoms with van der Waals surface area (Å²) in [5.74, 6) is 0. The Hall–Kier alpha value is -5.74. The predicted octanol–water partition coefficient (Wildman–Crippen LogP) is 14.4. The first-order valence-electron chi connectivity index (χ1n) is 16.6. The molecule has 0 bridgehead atoms. The first-order valence-corrected chi connectivity index (χ1v) is 18.2. The summed E-state index contributed by atoms with van der Waals surface area (Å²) >= 11 is 3.74.